The normalized spacial score (nSPS) is 35.5. The number of rotatable bonds is 8. The van der Waals surface area contributed by atoms with E-state index in [-0.39, 0.29) is 50.8 Å². The van der Waals surface area contributed by atoms with Crippen molar-refractivity contribution in [3.05, 3.63) is 0 Å². The Hall–Kier alpha value is -3.16. The number of ether oxygens (including phenoxy) is 2. The van der Waals surface area contributed by atoms with Crippen LogP contribution in [0.25, 0.3) is 0 Å². The molecule has 6 bridgehead atoms. The number of carbonyl (C=O) groups excluding carboxylic acids is 6. The Kier molecular flexibility index (Phi) is 10.6. The standard InChI is InChI=1S/C32H50BN7O10/c1-20(2)28(29(45)34-21(3)30(46)40-6-4-5-24(40)33(47)48)35-25(42)13-37-8-10-39-15-26(43)49-31(18-39)16-36-7-9-38-14-27(44)50-32(17-37,19-38)23(31)11-22(41)12-36/h20-21,23-24,28,47-48H,4-19H2,1-3H3,(H,34,45)(H,35,42)/t21-,23?,24+,28+,31?,32?/m1/s1. The van der Waals surface area contributed by atoms with Crippen LogP contribution in [0.1, 0.15) is 40.0 Å². The van der Waals surface area contributed by atoms with Crippen molar-refractivity contribution >= 4 is 42.6 Å². The molecule has 0 aromatic heterocycles. The summed E-state index contributed by atoms with van der Waals surface area (Å²) < 4.78 is 12.5. The smallest absolute Gasteiger partial charge is 0.455 e. The van der Waals surface area contributed by atoms with Gasteiger partial charge in [-0.1, -0.05) is 13.8 Å². The molecule has 6 fully saturated rings. The molecule has 17 nitrogen and oxygen atoms in total. The number of hydrogen-bond donors (Lipinski definition) is 4. The van der Waals surface area contributed by atoms with Gasteiger partial charge < -0.3 is 35.1 Å². The second-order valence-electron chi connectivity index (χ2n) is 15.4. The maximum atomic E-state index is 13.8. The zero-order chi connectivity index (χ0) is 36.0. The van der Waals surface area contributed by atoms with Crippen LogP contribution in [0.5, 0.6) is 0 Å². The third kappa shape index (κ3) is 7.55. The fourth-order valence-corrected chi connectivity index (χ4v) is 8.97. The number of hydrogen-bond acceptors (Lipinski definition) is 14. The maximum Gasteiger partial charge on any atom is 0.475 e. The largest absolute Gasteiger partial charge is 0.475 e. The van der Waals surface area contributed by atoms with Gasteiger partial charge in [-0.15, -0.1) is 0 Å². The quantitative estimate of drug-likeness (QED) is 0.141. The van der Waals surface area contributed by atoms with Gasteiger partial charge in [0.15, 0.2) is 0 Å². The highest BCUT2D eigenvalue weighted by atomic mass is 16.6. The lowest BCUT2D eigenvalue weighted by atomic mass is 9.70. The number of nitrogens with zero attached hydrogens (tertiary/aromatic N) is 5. The van der Waals surface area contributed by atoms with Crippen LogP contribution in [-0.4, -0.2) is 191 Å². The van der Waals surface area contributed by atoms with E-state index in [4.69, 9.17) is 9.47 Å². The summed E-state index contributed by atoms with van der Waals surface area (Å²) in [5, 5.41) is 24.9. The highest BCUT2D eigenvalue weighted by Gasteiger charge is 2.63. The van der Waals surface area contributed by atoms with Crippen LogP contribution in [-0.2, 0) is 38.2 Å². The average Bonchev–Trinajstić information content (AvgIpc) is 3.49. The van der Waals surface area contributed by atoms with Crippen LogP contribution in [0.3, 0.4) is 0 Å². The second-order valence-corrected chi connectivity index (χ2v) is 15.4. The SMILES string of the molecule is CC(C)[C@H](NC(=O)CN1CCN2CC(=O)OC3(CN4CCN5CC(=O)OC(C1)(C5)C3CC(=O)C4)C2)C(=O)N[C@H](C)C(=O)N1CCC[C@H]1B(O)O. The number of Topliss-reactive ketones (excluding diaryl/α,β-unsaturated/α-hetero) is 1. The van der Waals surface area contributed by atoms with Gasteiger partial charge in [0.1, 0.15) is 29.1 Å². The van der Waals surface area contributed by atoms with Crippen LogP contribution in [0.4, 0.5) is 0 Å². The Labute approximate surface area is 292 Å². The van der Waals surface area contributed by atoms with Gasteiger partial charge in [0.2, 0.25) is 17.7 Å². The molecule has 3 amide bonds. The van der Waals surface area contributed by atoms with Gasteiger partial charge >= 0.3 is 19.1 Å². The maximum absolute atomic E-state index is 13.8. The molecule has 6 heterocycles. The molecule has 6 aliphatic rings. The fourth-order valence-electron chi connectivity index (χ4n) is 8.97. The van der Waals surface area contributed by atoms with E-state index >= 15 is 0 Å². The van der Waals surface area contributed by atoms with Crippen LogP contribution >= 0.6 is 0 Å². The highest BCUT2D eigenvalue weighted by Crippen LogP contribution is 2.45. The Morgan fingerprint density at radius 2 is 1.42 bits per heavy atom. The van der Waals surface area contributed by atoms with E-state index in [1.54, 1.807) is 13.8 Å². The summed E-state index contributed by atoms with van der Waals surface area (Å²) in [5.74, 6) is -4.04. The minimum Gasteiger partial charge on any atom is -0.455 e. The molecule has 6 unspecified atom stereocenters. The first-order valence-corrected chi connectivity index (χ1v) is 17.8. The van der Waals surface area contributed by atoms with Crippen molar-refractivity contribution in [2.45, 2.75) is 69.3 Å². The molecular weight excluding hydrogens is 653 g/mol. The van der Waals surface area contributed by atoms with E-state index in [0.29, 0.717) is 65.2 Å². The number of esters is 2. The van der Waals surface area contributed by atoms with E-state index in [1.807, 2.05) is 19.6 Å². The fraction of sp³-hybridized carbons (Fsp3) is 0.812. The number of nitrogens with one attached hydrogen (secondary N) is 2. The monoisotopic (exact) mass is 703 g/mol. The summed E-state index contributed by atoms with van der Waals surface area (Å²) in [7, 11) is -1.68. The number of carbonyl (C=O) groups is 6. The van der Waals surface area contributed by atoms with E-state index in [9.17, 15) is 38.8 Å². The molecule has 4 N–H and O–H groups in total. The first-order valence-electron chi connectivity index (χ1n) is 17.8. The summed E-state index contributed by atoms with van der Waals surface area (Å²) in [6, 6.07) is -1.95. The number of fused-ring (bicyclic) bond motifs is 3. The van der Waals surface area contributed by atoms with Crippen molar-refractivity contribution in [2.24, 2.45) is 11.8 Å². The molecule has 6 saturated heterocycles. The number of likely N-dealkylation sites (tertiary alicyclic amines) is 1. The summed E-state index contributed by atoms with van der Waals surface area (Å²) >= 11 is 0. The van der Waals surface area contributed by atoms with Gasteiger partial charge in [0, 0.05) is 65.3 Å². The minimum atomic E-state index is -1.68. The predicted octanol–water partition coefficient (Wildman–Crippen LogP) is -3.95. The second kappa shape index (κ2) is 14.5. The van der Waals surface area contributed by atoms with E-state index in [0.717, 1.165) is 0 Å². The predicted molar refractivity (Wildman–Crippen MR) is 176 cm³/mol. The lowest BCUT2D eigenvalue weighted by molar-refractivity contribution is -0.219. The van der Waals surface area contributed by atoms with E-state index in [1.165, 1.54) is 11.8 Å². The minimum absolute atomic E-state index is 0.0238. The van der Waals surface area contributed by atoms with Crippen LogP contribution < -0.4 is 10.6 Å². The summed E-state index contributed by atoms with van der Waals surface area (Å²) in [5.41, 5.74) is -2.34. The molecule has 2 spiro atoms. The van der Waals surface area contributed by atoms with Gasteiger partial charge in [-0.05, 0) is 25.7 Å². The average molecular weight is 704 g/mol. The first kappa shape index (κ1) is 36.6. The Morgan fingerprint density at radius 1 is 0.840 bits per heavy atom. The zero-order valence-corrected chi connectivity index (χ0v) is 29.2. The van der Waals surface area contributed by atoms with Crippen LogP contribution in [0, 0.1) is 11.8 Å². The Balaban J connectivity index is 1.21. The highest BCUT2D eigenvalue weighted by molar-refractivity contribution is 6.43. The Morgan fingerprint density at radius 3 is 2.02 bits per heavy atom. The molecule has 50 heavy (non-hydrogen) atoms. The van der Waals surface area contributed by atoms with Gasteiger partial charge in [-0.2, -0.15) is 0 Å². The number of morpholine rings is 2. The molecule has 0 radical (unpaired) electrons. The molecule has 9 atom stereocenters. The van der Waals surface area contributed by atoms with Crippen molar-refractivity contribution in [1.29, 1.82) is 0 Å². The van der Waals surface area contributed by atoms with Crippen molar-refractivity contribution < 1.29 is 48.3 Å². The van der Waals surface area contributed by atoms with E-state index in [2.05, 4.69) is 10.6 Å². The summed E-state index contributed by atoms with van der Waals surface area (Å²) in [4.78, 5) is 89.4. The van der Waals surface area contributed by atoms with Crippen molar-refractivity contribution in [1.82, 2.24) is 35.1 Å². The van der Waals surface area contributed by atoms with Gasteiger partial charge in [-0.25, -0.2) is 0 Å². The third-order valence-electron chi connectivity index (χ3n) is 11.2. The lowest BCUT2D eigenvalue weighted by Gasteiger charge is -2.53. The van der Waals surface area contributed by atoms with E-state index < -0.39 is 71.9 Å². The summed E-state index contributed by atoms with van der Waals surface area (Å²) in [6.45, 7) is 8.60. The Bertz CT molecular complexity index is 1390. The molecule has 0 saturated carbocycles. The summed E-state index contributed by atoms with van der Waals surface area (Å²) in [6.07, 6.45) is 1.12. The molecular formula is C32H50BN7O10. The first-order chi connectivity index (χ1) is 23.7. The topological polar surface area (TPSA) is 202 Å². The third-order valence-corrected chi connectivity index (χ3v) is 11.2. The number of amides is 3. The molecule has 0 aromatic rings. The van der Waals surface area contributed by atoms with Gasteiger partial charge in [-0.3, -0.25) is 48.4 Å². The lowest BCUT2D eigenvalue weighted by Crippen LogP contribution is -2.70. The molecule has 276 valence electrons. The molecule has 0 aromatic carbocycles. The molecule has 6 aliphatic heterocycles. The van der Waals surface area contributed by atoms with Gasteiger partial charge in [0.05, 0.1) is 38.0 Å². The number of ketones is 1. The molecule has 18 heteroatoms. The van der Waals surface area contributed by atoms with Crippen molar-refractivity contribution in [3.8, 4) is 0 Å². The molecule has 6 rings (SSSR count). The molecule has 0 aliphatic carbocycles. The van der Waals surface area contributed by atoms with Crippen molar-refractivity contribution in [3.63, 3.8) is 0 Å². The van der Waals surface area contributed by atoms with Crippen molar-refractivity contribution in [2.75, 3.05) is 85.1 Å². The van der Waals surface area contributed by atoms with Gasteiger partial charge in [0.25, 0.3) is 0 Å². The zero-order valence-electron chi connectivity index (χ0n) is 29.2. The van der Waals surface area contributed by atoms with Crippen LogP contribution in [0.15, 0.2) is 0 Å². The van der Waals surface area contributed by atoms with Crippen LogP contribution in [0.2, 0.25) is 0 Å².